The van der Waals surface area contributed by atoms with E-state index in [4.69, 9.17) is 22.8 Å². The smallest absolute Gasteiger partial charge is 0.465 e. The van der Waals surface area contributed by atoms with E-state index in [-0.39, 0.29) is 6.29 Å². The van der Waals surface area contributed by atoms with Crippen LogP contribution in [0.2, 0.25) is 6.04 Å². The Kier molecular flexibility index (Phi) is 10.2. The summed E-state index contributed by atoms with van der Waals surface area (Å²) in [6, 6.07) is 8.82. The minimum atomic E-state index is -2.61. The molecule has 0 bridgehead atoms. The van der Waals surface area contributed by atoms with Gasteiger partial charge in [-0.2, -0.15) is 0 Å². The van der Waals surface area contributed by atoms with Crippen LogP contribution in [0, 0.1) is 0 Å². The molecule has 0 aromatic heterocycles. The standard InChI is InChI=1S/C18H32O5Si/c1-6-19-16(5)23-18-12-10-11-17(15-18)13-14-24(20-7-2,21-8-3)22-9-4/h10-12,15-16H,6-9,13-14H2,1-5H3. The largest absolute Gasteiger partial charge is 0.501 e. The molecular formula is C18H32O5Si. The van der Waals surface area contributed by atoms with Crippen molar-refractivity contribution >= 4 is 8.80 Å². The maximum Gasteiger partial charge on any atom is 0.501 e. The van der Waals surface area contributed by atoms with Crippen LogP contribution in [-0.2, 0) is 24.4 Å². The van der Waals surface area contributed by atoms with Crippen LogP contribution in [-0.4, -0.2) is 41.5 Å². The van der Waals surface area contributed by atoms with Crippen molar-refractivity contribution < 1.29 is 22.8 Å². The highest BCUT2D eigenvalue weighted by Crippen LogP contribution is 2.22. The second-order valence-electron chi connectivity index (χ2n) is 5.27. The van der Waals surface area contributed by atoms with Crippen molar-refractivity contribution in [1.82, 2.24) is 0 Å². The van der Waals surface area contributed by atoms with Crippen molar-refractivity contribution in [2.24, 2.45) is 0 Å². The minimum Gasteiger partial charge on any atom is -0.465 e. The summed E-state index contributed by atoms with van der Waals surface area (Å²) < 4.78 is 28.9. The van der Waals surface area contributed by atoms with E-state index in [1.54, 1.807) is 0 Å². The molecule has 0 N–H and O–H groups in total. The lowest BCUT2D eigenvalue weighted by Gasteiger charge is -2.28. The summed E-state index contributed by atoms with van der Waals surface area (Å²) >= 11 is 0. The van der Waals surface area contributed by atoms with Crippen LogP contribution < -0.4 is 4.74 Å². The first-order valence-corrected chi connectivity index (χ1v) is 10.8. The third-order valence-corrected chi connectivity index (χ3v) is 6.46. The van der Waals surface area contributed by atoms with E-state index in [1.807, 2.05) is 52.8 Å². The van der Waals surface area contributed by atoms with Gasteiger partial charge in [0.2, 0.25) is 0 Å². The monoisotopic (exact) mass is 356 g/mol. The Balaban J connectivity index is 2.72. The first-order valence-electron chi connectivity index (χ1n) is 8.88. The van der Waals surface area contributed by atoms with Crippen LogP contribution in [0.5, 0.6) is 5.75 Å². The van der Waals surface area contributed by atoms with Gasteiger partial charge in [-0.25, -0.2) is 0 Å². The zero-order valence-corrected chi connectivity index (χ0v) is 16.7. The van der Waals surface area contributed by atoms with E-state index >= 15 is 0 Å². The van der Waals surface area contributed by atoms with Gasteiger partial charge in [0.1, 0.15) is 5.75 Å². The lowest BCUT2D eigenvalue weighted by atomic mass is 10.2. The summed E-state index contributed by atoms with van der Waals surface area (Å²) in [6.07, 6.45) is 0.570. The first-order chi connectivity index (χ1) is 11.6. The summed E-state index contributed by atoms with van der Waals surface area (Å²) in [5.41, 5.74) is 1.17. The molecule has 6 heteroatoms. The molecule has 0 aliphatic heterocycles. The predicted octanol–water partition coefficient (Wildman–Crippen LogP) is 4.04. The van der Waals surface area contributed by atoms with E-state index in [0.29, 0.717) is 26.4 Å². The van der Waals surface area contributed by atoms with Gasteiger partial charge in [-0.05, 0) is 58.7 Å². The number of rotatable bonds is 13. The van der Waals surface area contributed by atoms with Gasteiger partial charge in [-0.3, -0.25) is 0 Å². The van der Waals surface area contributed by atoms with Crippen molar-refractivity contribution in [3.05, 3.63) is 29.8 Å². The lowest BCUT2D eigenvalue weighted by Crippen LogP contribution is -2.46. The summed E-state index contributed by atoms with van der Waals surface area (Å²) in [4.78, 5) is 0. The Morgan fingerprint density at radius 1 is 0.917 bits per heavy atom. The molecule has 0 aliphatic rings. The van der Waals surface area contributed by atoms with Crippen molar-refractivity contribution in [2.45, 2.75) is 53.4 Å². The summed E-state index contributed by atoms with van der Waals surface area (Å²) in [7, 11) is -2.61. The van der Waals surface area contributed by atoms with Gasteiger partial charge in [0.05, 0.1) is 0 Å². The highest BCUT2D eigenvalue weighted by atomic mass is 28.4. The molecule has 0 radical (unpaired) electrons. The molecule has 138 valence electrons. The quantitative estimate of drug-likeness (QED) is 0.394. The zero-order valence-electron chi connectivity index (χ0n) is 15.7. The van der Waals surface area contributed by atoms with Gasteiger partial charge in [0.15, 0.2) is 6.29 Å². The molecule has 0 amide bonds. The van der Waals surface area contributed by atoms with Crippen LogP contribution in [0.3, 0.4) is 0 Å². The van der Waals surface area contributed by atoms with E-state index in [0.717, 1.165) is 18.2 Å². The summed E-state index contributed by atoms with van der Waals surface area (Å²) in [5.74, 6) is 0.810. The summed E-state index contributed by atoms with van der Waals surface area (Å²) in [5, 5.41) is 0. The van der Waals surface area contributed by atoms with Crippen molar-refractivity contribution in [3.63, 3.8) is 0 Å². The molecule has 0 aliphatic carbocycles. The van der Waals surface area contributed by atoms with Crippen molar-refractivity contribution in [1.29, 1.82) is 0 Å². The van der Waals surface area contributed by atoms with E-state index in [2.05, 4.69) is 6.07 Å². The molecule has 0 spiro atoms. The maximum absolute atomic E-state index is 5.90. The van der Waals surface area contributed by atoms with Crippen LogP contribution in [0.1, 0.15) is 40.2 Å². The number of hydrogen-bond donors (Lipinski definition) is 0. The highest BCUT2D eigenvalue weighted by Gasteiger charge is 2.39. The average molecular weight is 357 g/mol. The Hall–Kier alpha value is -0.923. The van der Waals surface area contributed by atoms with Gasteiger partial charge in [0, 0.05) is 32.5 Å². The van der Waals surface area contributed by atoms with E-state index < -0.39 is 8.80 Å². The molecule has 1 unspecified atom stereocenters. The number of aryl methyl sites for hydroxylation is 1. The van der Waals surface area contributed by atoms with Crippen molar-refractivity contribution in [2.75, 3.05) is 26.4 Å². The van der Waals surface area contributed by atoms with Gasteiger partial charge in [0.25, 0.3) is 0 Å². The molecule has 1 rings (SSSR count). The SMILES string of the molecule is CCOC(C)Oc1cccc(CC[Si](OCC)(OCC)OCC)c1. The number of benzene rings is 1. The molecular weight excluding hydrogens is 324 g/mol. The Morgan fingerprint density at radius 3 is 2.08 bits per heavy atom. The Morgan fingerprint density at radius 2 is 1.54 bits per heavy atom. The highest BCUT2D eigenvalue weighted by molar-refractivity contribution is 6.60. The Labute approximate surface area is 147 Å². The molecule has 1 aromatic rings. The van der Waals surface area contributed by atoms with Gasteiger partial charge in [-0.15, -0.1) is 0 Å². The molecule has 1 atom stereocenters. The molecule has 0 heterocycles. The fraction of sp³-hybridized carbons (Fsp3) is 0.667. The fourth-order valence-corrected chi connectivity index (χ4v) is 5.13. The molecule has 24 heavy (non-hydrogen) atoms. The number of hydrogen-bond acceptors (Lipinski definition) is 5. The lowest BCUT2D eigenvalue weighted by molar-refractivity contribution is -0.0613. The third-order valence-electron chi connectivity index (χ3n) is 3.41. The topological polar surface area (TPSA) is 46.2 Å². The van der Waals surface area contributed by atoms with E-state index in [1.165, 1.54) is 5.56 Å². The molecule has 0 fully saturated rings. The van der Waals surface area contributed by atoms with Crippen molar-refractivity contribution in [3.8, 4) is 5.75 Å². The second-order valence-corrected chi connectivity index (χ2v) is 8.00. The zero-order chi connectivity index (χ0) is 17.8. The average Bonchev–Trinajstić information content (AvgIpc) is 2.54. The normalized spacial score (nSPS) is 13.0. The van der Waals surface area contributed by atoms with Gasteiger partial charge in [-0.1, -0.05) is 12.1 Å². The van der Waals surface area contributed by atoms with Gasteiger partial charge >= 0.3 is 8.80 Å². The van der Waals surface area contributed by atoms with Crippen LogP contribution in [0.4, 0.5) is 0 Å². The number of ether oxygens (including phenoxy) is 2. The maximum atomic E-state index is 5.90. The minimum absolute atomic E-state index is 0.256. The predicted molar refractivity (Wildman–Crippen MR) is 97.3 cm³/mol. The van der Waals surface area contributed by atoms with E-state index in [9.17, 15) is 0 Å². The molecule has 0 saturated heterocycles. The van der Waals surface area contributed by atoms with Crippen LogP contribution in [0.25, 0.3) is 0 Å². The van der Waals surface area contributed by atoms with Gasteiger partial charge < -0.3 is 22.8 Å². The molecule has 0 saturated carbocycles. The summed E-state index contributed by atoms with van der Waals surface area (Å²) in [6.45, 7) is 12.2. The first kappa shape index (κ1) is 21.1. The molecule has 5 nitrogen and oxygen atoms in total. The van der Waals surface area contributed by atoms with Crippen LogP contribution in [0.15, 0.2) is 24.3 Å². The van der Waals surface area contributed by atoms with Crippen LogP contribution >= 0.6 is 0 Å². The third kappa shape index (κ3) is 7.32. The second kappa shape index (κ2) is 11.6. The Bertz CT molecular complexity index is 438. The molecule has 1 aromatic carbocycles. The fourth-order valence-electron chi connectivity index (χ4n) is 2.53.